The Balaban J connectivity index is 2.67. The second-order valence-corrected chi connectivity index (χ2v) is 6.22. The van der Waals surface area contributed by atoms with Crippen molar-refractivity contribution in [3.05, 3.63) is 12.3 Å². The Hall–Kier alpha value is -0.540. The average molecular weight is 227 g/mol. The van der Waals surface area contributed by atoms with Gasteiger partial charge < -0.3 is 9.94 Å². The van der Waals surface area contributed by atoms with E-state index >= 15 is 0 Å². The third-order valence-electron chi connectivity index (χ3n) is 3.29. The Kier molecular flexibility index (Phi) is 3.70. The van der Waals surface area contributed by atoms with Gasteiger partial charge in [-0.15, -0.1) is 0 Å². The van der Waals surface area contributed by atoms with Crippen LogP contribution in [-0.4, -0.2) is 28.0 Å². The van der Waals surface area contributed by atoms with Crippen molar-refractivity contribution in [2.24, 2.45) is 5.92 Å². The number of ether oxygens (including phenoxy) is 1. The summed E-state index contributed by atoms with van der Waals surface area (Å²) >= 11 is 0. The molecule has 94 valence electrons. The summed E-state index contributed by atoms with van der Waals surface area (Å²) in [5.41, 5.74) is -0.379. The van der Waals surface area contributed by atoms with Crippen molar-refractivity contribution in [3.63, 3.8) is 0 Å². The van der Waals surface area contributed by atoms with E-state index in [2.05, 4.69) is 34.3 Å². The van der Waals surface area contributed by atoms with E-state index in [4.69, 9.17) is 4.74 Å². The van der Waals surface area contributed by atoms with Gasteiger partial charge in [-0.3, -0.25) is 0 Å². The summed E-state index contributed by atoms with van der Waals surface area (Å²) in [7, 11) is 0. The number of rotatable bonds is 3. The van der Waals surface area contributed by atoms with Crippen LogP contribution in [0, 0.1) is 5.92 Å². The monoisotopic (exact) mass is 227 g/mol. The van der Waals surface area contributed by atoms with E-state index < -0.39 is 0 Å². The molecule has 0 spiro atoms. The molecule has 1 N–H and O–H groups in total. The van der Waals surface area contributed by atoms with Gasteiger partial charge in [-0.2, -0.15) is 5.06 Å². The Morgan fingerprint density at radius 2 is 1.75 bits per heavy atom. The van der Waals surface area contributed by atoms with Gasteiger partial charge in [0.15, 0.2) is 0 Å². The molecule has 0 aromatic rings. The minimum Gasteiger partial charge on any atom is -0.499 e. The maximum absolute atomic E-state index is 10.1. The molecule has 0 atom stereocenters. The summed E-state index contributed by atoms with van der Waals surface area (Å²) in [5.74, 6) is 1.24. The highest BCUT2D eigenvalue weighted by molar-refractivity contribution is 4.96. The van der Waals surface area contributed by atoms with Crippen LogP contribution in [0.2, 0.25) is 0 Å². The van der Waals surface area contributed by atoms with Crippen LogP contribution >= 0.6 is 0 Å². The summed E-state index contributed by atoms with van der Waals surface area (Å²) in [5, 5.41) is 11.6. The number of hydroxylamine groups is 2. The number of hydrogen-bond donors (Lipinski definition) is 1. The van der Waals surface area contributed by atoms with Gasteiger partial charge in [-0.05, 0) is 53.4 Å². The maximum Gasteiger partial charge on any atom is 0.0906 e. The first kappa shape index (κ1) is 13.5. The second-order valence-electron chi connectivity index (χ2n) is 6.22. The molecule has 1 aliphatic heterocycles. The van der Waals surface area contributed by atoms with Gasteiger partial charge >= 0.3 is 0 Å². The molecule has 0 radical (unpaired) electrons. The van der Waals surface area contributed by atoms with Gasteiger partial charge in [-0.1, -0.05) is 6.58 Å². The Morgan fingerprint density at radius 3 is 2.12 bits per heavy atom. The SMILES string of the molecule is C=C(C)OCC1CC(C)(C)N(O)C(C)(C)C1. The summed E-state index contributed by atoms with van der Waals surface area (Å²) in [6.45, 7) is 14.6. The van der Waals surface area contributed by atoms with Crippen molar-refractivity contribution in [1.82, 2.24) is 5.06 Å². The van der Waals surface area contributed by atoms with E-state index in [1.807, 2.05) is 6.92 Å². The lowest BCUT2D eigenvalue weighted by Crippen LogP contribution is -2.59. The molecule has 0 unspecified atom stereocenters. The van der Waals surface area contributed by atoms with Crippen LogP contribution in [0.15, 0.2) is 12.3 Å². The maximum atomic E-state index is 10.1. The predicted molar refractivity (Wildman–Crippen MR) is 65.3 cm³/mol. The molecular formula is C13H25NO2. The fourth-order valence-electron chi connectivity index (χ4n) is 2.86. The van der Waals surface area contributed by atoms with Gasteiger partial charge in [0.1, 0.15) is 0 Å². The minimum absolute atomic E-state index is 0.190. The molecule has 0 amide bonds. The molecular weight excluding hydrogens is 202 g/mol. The molecule has 1 heterocycles. The molecule has 0 aromatic heterocycles. The smallest absolute Gasteiger partial charge is 0.0906 e. The summed E-state index contributed by atoms with van der Waals surface area (Å²) in [4.78, 5) is 0. The van der Waals surface area contributed by atoms with Crippen LogP contribution in [-0.2, 0) is 4.74 Å². The van der Waals surface area contributed by atoms with Crippen LogP contribution in [0.1, 0.15) is 47.5 Å². The summed E-state index contributed by atoms with van der Waals surface area (Å²) in [6, 6.07) is 0. The molecule has 0 saturated carbocycles. The van der Waals surface area contributed by atoms with E-state index in [-0.39, 0.29) is 11.1 Å². The Morgan fingerprint density at radius 1 is 1.31 bits per heavy atom. The highest BCUT2D eigenvalue weighted by atomic mass is 16.5. The summed E-state index contributed by atoms with van der Waals surface area (Å²) < 4.78 is 5.51. The average Bonchev–Trinajstić information content (AvgIpc) is 2.10. The van der Waals surface area contributed by atoms with Gasteiger partial charge in [-0.25, -0.2) is 0 Å². The highest BCUT2D eigenvalue weighted by Crippen LogP contribution is 2.39. The number of piperidine rings is 1. The quantitative estimate of drug-likeness (QED) is 0.752. The lowest BCUT2D eigenvalue weighted by atomic mass is 9.75. The zero-order chi connectivity index (χ0) is 12.6. The zero-order valence-electron chi connectivity index (χ0n) is 11.2. The fraction of sp³-hybridized carbons (Fsp3) is 0.846. The molecule has 1 aliphatic rings. The molecule has 0 aliphatic carbocycles. The Labute approximate surface area is 99.0 Å². The topological polar surface area (TPSA) is 32.7 Å². The standard InChI is InChI=1S/C13H25NO2/c1-10(2)16-9-11-7-12(3,4)14(15)13(5,6)8-11/h11,15H,1,7-9H2,2-6H3. The predicted octanol–water partition coefficient (Wildman–Crippen LogP) is 3.20. The number of hydrogen-bond acceptors (Lipinski definition) is 3. The zero-order valence-corrected chi connectivity index (χ0v) is 11.2. The third-order valence-corrected chi connectivity index (χ3v) is 3.29. The van der Waals surface area contributed by atoms with Crippen LogP contribution in [0.3, 0.4) is 0 Å². The molecule has 0 bridgehead atoms. The van der Waals surface area contributed by atoms with E-state index in [9.17, 15) is 5.21 Å². The van der Waals surface area contributed by atoms with Crippen molar-refractivity contribution in [1.29, 1.82) is 0 Å². The van der Waals surface area contributed by atoms with Gasteiger partial charge in [0, 0.05) is 11.1 Å². The number of allylic oxidation sites excluding steroid dienone is 1. The van der Waals surface area contributed by atoms with Crippen molar-refractivity contribution < 1.29 is 9.94 Å². The van der Waals surface area contributed by atoms with E-state index in [1.54, 1.807) is 0 Å². The van der Waals surface area contributed by atoms with E-state index in [0.717, 1.165) is 18.6 Å². The third kappa shape index (κ3) is 2.98. The first-order chi connectivity index (χ1) is 7.15. The highest BCUT2D eigenvalue weighted by Gasteiger charge is 2.44. The fourth-order valence-corrected chi connectivity index (χ4v) is 2.86. The molecule has 0 aromatic carbocycles. The van der Waals surface area contributed by atoms with Crippen LogP contribution in [0.5, 0.6) is 0 Å². The molecule has 1 fully saturated rings. The lowest BCUT2D eigenvalue weighted by molar-refractivity contribution is -0.253. The van der Waals surface area contributed by atoms with Gasteiger partial charge in [0.2, 0.25) is 0 Å². The minimum atomic E-state index is -0.190. The van der Waals surface area contributed by atoms with Crippen LogP contribution < -0.4 is 0 Å². The van der Waals surface area contributed by atoms with Crippen molar-refractivity contribution in [3.8, 4) is 0 Å². The van der Waals surface area contributed by atoms with Crippen LogP contribution in [0.4, 0.5) is 0 Å². The van der Waals surface area contributed by atoms with Crippen molar-refractivity contribution >= 4 is 0 Å². The van der Waals surface area contributed by atoms with E-state index in [1.165, 1.54) is 5.06 Å². The summed E-state index contributed by atoms with van der Waals surface area (Å²) in [6.07, 6.45) is 1.89. The second kappa shape index (κ2) is 4.38. The first-order valence-corrected chi connectivity index (χ1v) is 5.93. The van der Waals surface area contributed by atoms with Crippen molar-refractivity contribution in [2.45, 2.75) is 58.5 Å². The van der Waals surface area contributed by atoms with Gasteiger partial charge in [0.25, 0.3) is 0 Å². The number of nitrogens with zero attached hydrogens (tertiary/aromatic N) is 1. The lowest BCUT2D eigenvalue weighted by Gasteiger charge is -2.51. The van der Waals surface area contributed by atoms with Crippen LogP contribution in [0.25, 0.3) is 0 Å². The normalized spacial score (nSPS) is 25.4. The van der Waals surface area contributed by atoms with Crippen molar-refractivity contribution in [2.75, 3.05) is 6.61 Å². The molecule has 1 saturated heterocycles. The first-order valence-electron chi connectivity index (χ1n) is 5.93. The Bertz CT molecular complexity index is 253. The molecule has 16 heavy (non-hydrogen) atoms. The largest absolute Gasteiger partial charge is 0.499 e. The molecule has 1 rings (SSSR count). The van der Waals surface area contributed by atoms with E-state index in [0.29, 0.717) is 12.5 Å². The molecule has 3 nitrogen and oxygen atoms in total. The molecule has 3 heteroatoms. The van der Waals surface area contributed by atoms with Gasteiger partial charge in [0.05, 0.1) is 12.4 Å².